The third-order valence-electron chi connectivity index (χ3n) is 2.05. The molecule has 0 saturated carbocycles. The van der Waals surface area contributed by atoms with E-state index in [1.807, 2.05) is 0 Å². The van der Waals surface area contributed by atoms with E-state index < -0.39 is 10.7 Å². The lowest BCUT2D eigenvalue weighted by Gasteiger charge is -2.05. The average molecular weight is 240 g/mol. The number of carbonyl (C=O) groups excluding carboxylic acids is 1. The summed E-state index contributed by atoms with van der Waals surface area (Å²) in [5, 5.41) is 22.0. The predicted octanol–water partition coefficient (Wildman–Crippen LogP) is 0.786. The van der Waals surface area contributed by atoms with Gasteiger partial charge in [-0.25, -0.2) is 0 Å². The van der Waals surface area contributed by atoms with Crippen LogP contribution in [0, 0.1) is 10.1 Å². The number of anilines is 1. The number of methoxy groups -OCH3 is 1. The van der Waals surface area contributed by atoms with Gasteiger partial charge in [0, 0.05) is 18.9 Å². The Labute approximate surface area is 97.2 Å². The molecule has 0 spiro atoms. The summed E-state index contributed by atoms with van der Waals surface area (Å²) in [7, 11) is 1.34. The van der Waals surface area contributed by atoms with Crippen LogP contribution in [0.2, 0.25) is 0 Å². The third-order valence-corrected chi connectivity index (χ3v) is 2.05. The van der Waals surface area contributed by atoms with Crippen LogP contribution in [0.4, 0.5) is 11.4 Å². The van der Waals surface area contributed by atoms with Gasteiger partial charge < -0.3 is 15.2 Å². The fourth-order valence-electron chi connectivity index (χ4n) is 1.33. The zero-order valence-electron chi connectivity index (χ0n) is 9.17. The first-order valence-electron chi connectivity index (χ1n) is 4.75. The van der Waals surface area contributed by atoms with Crippen molar-refractivity contribution in [3.05, 3.63) is 33.9 Å². The lowest BCUT2D eigenvalue weighted by atomic mass is 10.1. The number of hydrogen-bond donors (Lipinski definition) is 2. The number of nitrogens with one attached hydrogen (secondary N) is 1. The molecule has 1 aromatic carbocycles. The number of ketones is 1. The van der Waals surface area contributed by atoms with E-state index in [1.165, 1.54) is 25.3 Å². The molecule has 7 nitrogen and oxygen atoms in total. The highest BCUT2D eigenvalue weighted by Gasteiger charge is 2.20. The van der Waals surface area contributed by atoms with E-state index in [0.717, 1.165) is 0 Å². The van der Waals surface area contributed by atoms with Gasteiger partial charge in [-0.2, -0.15) is 0 Å². The molecule has 0 aliphatic rings. The van der Waals surface area contributed by atoms with Crippen molar-refractivity contribution in [3.8, 4) is 0 Å². The van der Waals surface area contributed by atoms with Crippen LogP contribution in [0.5, 0.6) is 0 Å². The molecule has 0 atom stereocenters. The number of benzene rings is 1. The molecule has 1 aromatic rings. The van der Waals surface area contributed by atoms with Gasteiger partial charge in [-0.1, -0.05) is 0 Å². The highest BCUT2D eigenvalue weighted by molar-refractivity contribution is 6.01. The summed E-state index contributed by atoms with van der Waals surface area (Å²) in [6.45, 7) is -0.559. The molecule has 0 bridgehead atoms. The van der Waals surface area contributed by atoms with Crippen molar-refractivity contribution >= 4 is 17.2 Å². The van der Waals surface area contributed by atoms with Crippen molar-refractivity contribution in [2.45, 2.75) is 0 Å². The molecule has 1 rings (SSSR count). The first-order chi connectivity index (χ1) is 8.10. The number of Topliss-reactive ketones (excluding diaryl/α,β-unsaturated/α-hetero) is 1. The molecule has 2 N–H and O–H groups in total. The molecule has 0 radical (unpaired) electrons. The van der Waals surface area contributed by atoms with Crippen LogP contribution in [0.15, 0.2) is 18.2 Å². The SMILES string of the molecule is COCC(=O)c1ccc(NCO)cc1[N+](=O)[O-]. The van der Waals surface area contributed by atoms with Crippen LogP contribution in [0.25, 0.3) is 0 Å². The van der Waals surface area contributed by atoms with Gasteiger partial charge in [0.05, 0.1) is 10.5 Å². The van der Waals surface area contributed by atoms with Gasteiger partial charge in [-0.15, -0.1) is 0 Å². The van der Waals surface area contributed by atoms with Gasteiger partial charge in [0.1, 0.15) is 13.3 Å². The van der Waals surface area contributed by atoms with Crippen molar-refractivity contribution in [3.63, 3.8) is 0 Å². The molecule has 92 valence electrons. The van der Waals surface area contributed by atoms with E-state index in [1.54, 1.807) is 0 Å². The first-order valence-corrected chi connectivity index (χ1v) is 4.75. The molecule has 0 saturated heterocycles. The summed E-state index contributed by atoms with van der Waals surface area (Å²) in [4.78, 5) is 21.7. The minimum Gasteiger partial charge on any atom is -0.377 e. The minimum atomic E-state index is -0.647. The van der Waals surface area contributed by atoms with Crippen molar-refractivity contribution in [1.29, 1.82) is 0 Å². The Hall–Kier alpha value is -1.99. The molecule has 0 amide bonds. The van der Waals surface area contributed by atoms with Gasteiger partial charge in [0.15, 0.2) is 5.78 Å². The van der Waals surface area contributed by atoms with Crippen LogP contribution in [-0.4, -0.2) is 36.3 Å². The number of aliphatic hydroxyl groups excluding tert-OH is 1. The Kier molecular flexibility index (Phi) is 4.56. The van der Waals surface area contributed by atoms with E-state index in [4.69, 9.17) is 5.11 Å². The number of aliphatic hydroxyl groups is 1. The molecular weight excluding hydrogens is 228 g/mol. The van der Waals surface area contributed by atoms with Crippen LogP contribution in [0.1, 0.15) is 10.4 Å². The van der Waals surface area contributed by atoms with Crippen molar-refractivity contribution in [2.75, 3.05) is 25.8 Å². The molecule has 0 fully saturated rings. The van der Waals surface area contributed by atoms with Gasteiger partial charge >= 0.3 is 0 Å². The normalized spacial score (nSPS) is 10.0. The fraction of sp³-hybridized carbons (Fsp3) is 0.300. The number of ether oxygens (including phenoxy) is 1. The Morgan fingerprint density at radius 1 is 1.59 bits per heavy atom. The Morgan fingerprint density at radius 3 is 2.82 bits per heavy atom. The van der Waals surface area contributed by atoms with E-state index in [2.05, 4.69) is 10.1 Å². The second-order valence-electron chi connectivity index (χ2n) is 3.18. The topological polar surface area (TPSA) is 102 Å². The molecule has 0 unspecified atom stereocenters. The lowest BCUT2D eigenvalue weighted by Crippen LogP contribution is -2.10. The lowest BCUT2D eigenvalue weighted by molar-refractivity contribution is -0.385. The van der Waals surface area contributed by atoms with E-state index in [0.29, 0.717) is 5.69 Å². The predicted molar refractivity (Wildman–Crippen MR) is 60.0 cm³/mol. The van der Waals surface area contributed by atoms with Gasteiger partial charge in [-0.05, 0) is 12.1 Å². The second-order valence-corrected chi connectivity index (χ2v) is 3.18. The molecule has 17 heavy (non-hydrogen) atoms. The van der Waals surface area contributed by atoms with Gasteiger partial charge in [-0.3, -0.25) is 14.9 Å². The second kappa shape index (κ2) is 5.92. The zero-order valence-corrected chi connectivity index (χ0v) is 9.17. The fourth-order valence-corrected chi connectivity index (χ4v) is 1.33. The maximum atomic E-state index is 11.5. The largest absolute Gasteiger partial charge is 0.377 e. The van der Waals surface area contributed by atoms with Gasteiger partial charge in [0.25, 0.3) is 5.69 Å². The van der Waals surface area contributed by atoms with Crippen molar-refractivity contribution < 1.29 is 19.6 Å². The first kappa shape index (κ1) is 13.1. The van der Waals surface area contributed by atoms with Crippen LogP contribution < -0.4 is 5.32 Å². The van der Waals surface area contributed by atoms with E-state index >= 15 is 0 Å². The maximum Gasteiger partial charge on any atom is 0.282 e. The molecule has 0 aliphatic carbocycles. The van der Waals surface area contributed by atoms with E-state index in [-0.39, 0.29) is 24.6 Å². The van der Waals surface area contributed by atoms with E-state index in [9.17, 15) is 14.9 Å². The number of nitro benzene ring substituents is 1. The van der Waals surface area contributed by atoms with Crippen LogP contribution >= 0.6 is 0 Å². The van der Waals surface area contributed by atoms with Crippen molar-refractivity contribution in [1.82, 2.24) is 0 Å². The molecule has 7 heteroatoms. The highest BCUT2D eigenvalue weighted by atomic mass is 16.6. The Morgan fingerprint density at radius 2 is 2.29 bits per heavy atom. The Bertz CT molecular complexity index is 433. The summed E-state index contributed by atoms with van der Waals surface area (Å²) in [5.41, 5.74) is 0.0407. The number of nitro groups is 1. The Balaban J connectivity index is 3.12. The monoisotopic (exact) mass is 240 g/mol. The summed E-state index contributed by atoms with van der Waals surface area (Å²) in [6.07, 6.45) is 0. The third kappa shape index (κ3) is 3.23. The summed E-state index contributed by atoms with van der Waals surface area (Å²) in [6, 6.07) is 4.00. The van der Waals surface area contributed by atoms with Crippen molar-refractivity contribution in [2.24, 2.45) is 0 Å². The number of hydrogen-bond acceptors (Lipinski definition) is 6. The standard InChI is InChI=1S/C10H12N2O5/c1-17-5-10(14)8-3-2-7(11-6-13)4-9(8)12(15)16/h2-4,11,13H,5-6H2,1H3. The van der Waals surface area contributed by atoms with Crippen LogP contribution in [-0.2, 0) is 4.74 Å². The minimum absolute atomic E-state index is 0.0136. The summed E-state index contributed by atoms with van der Waals surface area (Å²) >= 11 is 0. The maximum absolute atomic E-state index is 11.5. The summed E-state index contributed by atoms with van der Waals surface area (Å²) in [5.74, 6) is -0.463. The van der Waals surface area contributed by atoms with Gasteiger partial charge in [0.2, 0.25) is 0 Å². The number of rotatable bonds is 6. The summed E-state index contributed by atoms with van der Waals surface area (Å²) < 4.78 is 4.64. The molecule has 0 aromatic heterocycles. The molecular formula is C10H12N2O5. The molecule has 0 aliphatic heterocycles. The zero-order chi connectivity index (χ0) is 12.8. The number of carbonyl (C=O) groups is 1. The number of nitrogens with zero attached hydrogens (tertiary/aromatic N) is 1. The van der Waals surface area contributed by atoms with Crippen LogP contribution in [0.3, 0.4) is 0 Å². The smallest absolute Gasteiger partial charge is 0.282 e. The molecule has 0 heterocycles. The quantitative estimate of drug-likeness (QED) is 0.330. The highest BCUT2D eigenvalue weighted by Crippen LogP contribution is 2.23. The average Bonchev–Trinajstić information content (AvgIpc) is 2.29.